The molecule has 0 aliphatic carbocycles. The summed E-state index contributed by atoms with van der Waals surface area (Å²) < 4.78 is 14.0. The topological polar surface area (TPSA) is 0 Å². The molecule has 0 amide bonds. The van der Waals surface area contributed by atoms with Crippen LogP contribution in [0.2, 0.25) is 0 Å². The Morgan fingerprint density at radius 1 is 1.07 bits per heavy atom. The van der Waals surface area contributed by atoms with Crippen molar-refractivity contribution in [1.82, 2.24) is 0 Å². The van der Waals surface area contributed by atoms with E-state index in [1.54, 1.807) is 6.07 Å². The van der Waals surface area contributed by atoms with Crippen LogP contribution in [0.3, 0.4) is 0 Å². The molecule has 76 valence electrons. The normalized spacial score (nSPS) is 10.3. The molecule has 0 unspecified atom stereocenters. The Labute approximate surface area is 102 Å². The Bertz CT molecular complexity index is 497. The van der Waals surface area contributed by atoms with Gasteiger partial charge in [-0.05, 0) is 41.5 Å². The third kappa shape index (κ3) is 2.41. The van der Waals surface area contributed by atoms with Gasteiger partial charge in [-0.25, -0.2) is 4.39 Å². The van der Waals surface area contributed by atoms with Crippen LogP contribution >= 0.6 is 28.6 Å². The van der Waals surface area contributed by atoms with E-state index in [1.807, 2.05) is 24.3 Å². The molecule has 0 aliphatic heterocycles. The van der Waals surface area contributed by atoms with Crippen LogP contribution in [-0.2, 0) is 0 Å². The van der Waals surface area contributed by atoms with E-state index in [2.05, 4.69) is 28.6 Å². The summed E-state index contributed by atoms with van der Waals surface area (Å²) in [5.41, 5.74) is 1.76. The second kappa shape index (κ2) is 4.37. The maximum Gasteiger partial charge on any atom is 0.123 e. The molecule has 2 rings (SSSR count). The molecule has 0 heterocycles. The molecule has 0 radical (unpaired) electrons. The van der Waals surface area contributed by atoms with Crippen molar-refractivity contribution in [3.8, 4) is 11.1 Å². The quantitative estimate of drug-likeness (QED) is 0.730. The zero-order chi connectivity index (χ0) is 10.8. The summed E-state index contributed by atoms with van der Waals surface area (Å²) in [6, 6.07) is 12.2. The van der Waals surface area contributed by atoms with Gasteiger partial charge >= 0.3 is 0 Å². The van der Waals surface area contributed by atoms with Crippen LogP contribution in [0.15, 0.2) is 51.8 Å². The monoisotopic (exact) mass is 282 g/mol. The summed E-state index contributed by atoms with van der Waals surface area (Å²) in [4.78, 5) is 0.837. The fourth-order valence-corrected chi connectivity index (χ4v) is 2.02. The van der Waals surface area contributed by atoms with Gasteiger partial charge in [0.25, 0.3) is 0 Å². The van der Waals surface area contributed by atoms with Crippen LogP contribution in [0, 0.1) is 5.82 Å². The Morgan fingerprint density at radius 3 is 2.60 bits per heavy atom. The minimum absolute atomic E-state index is 0.236. The zero-order valence-electron chi connectivity index (χ0n) is 7.74. The lowest BCUT2D eigenvalue weighted by atomic mass is 10.1. The minimum Gasteiger partial charge on any atom is -0.207 e. The molecule has 0 aliphatic rings. The number of hydrogen-bond acceptors (Lipinski definition) is 1. The number of hydrogen-bond donors (Lipinski definition) is 1. The molecule has 0 saturated heterocycles. The van der Waals surface area contributed by atoms with Crippen molar-refractivity contribution in [2.75, 3.05) is 0 Å². The summed E-state index contributed by atoms with van der Waals surface area (Å²) in [6.45, 7) is 0. The SMILES string of the molecule is Fc1cccc(-c2cc(Br)ccc2S)c1. The number of halogens is 2. The molecule has 2 aromatic rings. The first-order valence-electron chi connectivity index (χ1n) is 4.41. The van der Waals surface area contributed by atoms with Crippen LogP contribution in [-0.4, -0.2) is 0 Å². The lowest BCUT2D eigenvalue weighted by Crippen LogP contribution is -1.82. The number of thiol groups is 1. The van der Waals surface area contributed by atoms with Gasteiger partial charge in [0, 0.05) is 9.37 Å². The highest BCUT2D eigenvalue weighted by Crippen LogP contribution is 2.29. The van der Waals surface area contributed by atoms with Gasteiger partial charge < -0.3 is 0 Å². The van der Waals surface area contributed by atoms with Gasteiger partial charge in [-0.2, -0.15) is 0 Å². The van der Waals surface area contributed by atoms with E-state index >= 15 is 0 Å². The Morgan fingerprint density at radius 2 is 1.87 bits per heavy atom. The van der Waals surface area contributed by atoms with E-state index < -0.39 is 0 Å². The van der Waals surface area contributed by atoms with Crippen LogP contribution in [0.25, 0.3) is 11.1 Å². The predicted octanol–water partition coefficient (Wildman–Crippen LogP) is 4.54. The Kier molecular flexibility index (Phi) is 3.12. The third-order valence-electron chi connectivity index (χ3n) is 2.09. The van der Waals surface area contributed by atoms with Crippen molar-refractivity contribution in [2.45, 2.75) is 4.90 Å². The van der Waals surface area contributed by atoms with Crippen molar-refractivity contribution < 1.29 is 4.39 Å². The highest BCUT2D eigenvalue weighted by atomic mass is 79.9. The first-order chi connectivity index (χ1) is 7.16. The van der Waals surface area contributed by atoms with Gasteiger partial charge in [0.2, 0.25) is 0 Å². The van der Waals surface area contributed by atoms with Crippen molar-refractivity contribution in [2.24, 2.45) is 0 Å². The fourth-order valence-electron chi connectivity index (χ4n) is 1.40. The highest BCUT2D eigenvalue weighted by molar-refractivity contribution is 9.10. The zero-order valence-corrected chi connectivity index (χ0v) is 10.2. The van der Waals surface area contributed by atoms with E-state index in [1.165, 1.54) is 12.1 Å². The van der Waals surface area contributed by atoms with E-state index in [-0.39, 0.29) is 5.82 Å². The minimum atomic E-state index is -0.236. The summed E-state index contributed by atoms with van der Waals surface area (Å²) >= 11 is 7.73. The van der Waals surface area contributed by atoms with Crippen molar-refractivity contribution in [3.05, 3.63) is 52.8 Å². The molecule has 0 bridgehead atoms. The van der Waals surface area contributed by atoms with Crippen molar-refractivity contribution in [3.63, 3.8) is 0 Å². The molecule has 2 aromatic carbocycles. The number of rotatable bonds is 1. The first kappa shape index (κ1) is 10.7. The highest BCUT2D eigenvalue weighted by Gasteiger charge is 2.03. The summed E-state index contributed by atoms with van der Waals surface area (Å²) in [6.07, 6.45) is 0. The van der Waals surface area contributed by atoms with Crippen LogP contribution in [0.5, 0.6) is 0 Å². The second-order valence-corrected chi connectivity index (χ2v) is 4.57. The van der Waals surface area contributed by atoms with Gasteiger partial charge in [0.1, 0.15) is 5.82 Å². The lowest BCUT2D eigenvalue weighted by Gasteiger charge is -2.05. The molecule has 0 N–H and O–H groups in total. The van der Waals surface area contributed by atoms with E-state index in [4.69, 9.17) is 0 Å². The summed E-state index contributed by atoms with van der Waals surface area (Å²) in [7, 11) is 0. The van der Waals surface area contributed by atoms with E-state index in [0.717, 1.165) is 20.5 Å². The molecule has 0 spiro atoms. The van der Waals surface area contributed by atoms with Crippen LogP contribution in [0.1, 0.15) is 0 Å². The van der Waals surface area contributed by atoms with Crippen LogP contribution < -0.4 is 0 Å². The average Bonchev–Trinajstić information content (AvgIpc) is 2.22. The van der Waals surface area contributed by atoms with Crippen molar-refractivity contribution in [1.29, 1.82) is 0 Å². The van der Waals surface area contributed by atoms with E-state index in [0.29, 0.717) is 0 Å². The molecular weight excluding hydrogens is 275 g/mol. The molecule has 0 atom stereocenters. The molecule has 15 heavy (non-hydrogen) atoms. The summed E-state index contributed by atoms with van der Waals surface area (Å²) in [5, 5.41) is 0. The molecule has 0 aromatic heterocycles. The lowest BCUT2D eigenvalue weighted by molar-refractivity contribution is 0.628. The first-order valence-corrected chi connectivity index (χ1v) is 5.65. The van der Waals surface area contributed by atoms with Crippen molar-refractivity contribution >= 4 is 28.6 Å². The molecular formula is C12H8BrFS. The smallest absolute Gasteiger partial charge is 0.123 e. The molecule has 0 fully saturated rings. The predicted molar refractivity (Wildman–Crippen MR) is 66.8 cm³/mol. The third-order valence-corrected chi connectivity index (χ3v) is 2.98. The maximum absolute atomic E-state index is 13.0. The Hall–Kier alpha value is -0.800. The average molecular weight is 283 g/mol. The van der Waals surface area contributed by atoms with Gasteiger partial charge in [-0.1, -0.05) is 28.1 Å². The molecule has 0 nitrogen and oxygen atoms in total. The standard InChI is InChI=1S/C12H8BrFS/c13-9-4-5-12(15)11(7-9)8-2-1-3-10(14)6-8/h1-7,15H. The van der Waals surface area contributed by atoms with Gasteiger partial charge in [-0.3, -0.25) is 0 Å². The van der Waals surface area contributed by atoms with Gasteiger partial charge in [-0.15, -0.1) is 12.6 Å². The number of benzene rings is 2. The maximum atomic E-state index is 13.0. The largest absolute Gasteiger partial charge is 0.207 e. The van der Waals surface area contributed by atoms with Crippen LogP contribution in [0.4, 0.5) is 4.39 Å². The molecule has 0 saturated carbocycles. The van der Waals surface area contributed by atoms with Gasteiger partial charge in [0.15, 0.2) is 0 Å². The molecule has 3 heteroatoms. The summed E-state index contributed by atoms with van der Waals surface area (Å²) in [5.74, 6) is -0.236. The van der Waals surface area contributed by atoms with Gasteiger partial charge in [0.05, 0.1) is 0 Å². The van der Waals surface area contributed by atoms with E-state index in [9.17, 15) is 4.39 Å². The Balaban J connectivity index is 2.58. The second-order valence-electron chi connectivity index (χ2n) is 3.17. The fraction of sp³-hybridized carbons (Fsp3) is 0.